The second-order valence-corrected chi connectivity index (χ2v) is 5.73. The Balaban J connectivity index is 2.23. The molecule has 2 aromatic rings. The predicted octanol–water partition coefficient (Wildman–Crippen LogP) is 1.08. The maximum absolute atomic E-state index is 12.4. The molecular weight excluding hydrogens is 326 g/mol. The van der Waals surface area contributed by atoms with Crippen molar-refractivity contribution in [3.8, 4) is 0 Å². The molecule has 1 unspecified atom stereocenters. The van der Waals surface area contributed by atoms with E-state index in [9.17, 15) is 14.4 Å². The van der Waals surface area contributed by atoms with Crippen molar-refractivity contribution in [3.05, 3.63) is 33.2 Å². The monoisotopic (exact) mass is 337 g/mol. The van der Waals surface area contributed by atoms with Crippen molar-refractivity contribution in [2.75, 3.05) is 0 Å². The molecule has 20 heavy (non-hydrogen) atoms. The summed E-state index contributed by atoms with van der Waals surface area (Å²) in [6.45, 7) is 0. The van der Waals surface area contributed by atoms with Gasteiger partial charge in [0.05, 0.1) is 11.0 Å². The summed E-state index contributed by atoms with van der Waals surface area (Å²) in [7, 11) is 1.67. The van der Waals surface area contributed by atoms with Crippen molar-refractivity contribution >= 4 is 38.8 Å². The first-order valence-electron chi connectivity index (χ1n) is 6.19. The summed E-state index contributed by atoms with van der Waals surface area (Å²) in [6, 6.07) is 4.83. The lowest BCUT2D eigenvalue weighted by atomic mass is 10.1. The third-order valence-electron chi connectivity index (χ3n) is 3.57. The van der Waals surface area contributed by atoms with Gasteiger partial charge in [-0.1, -0.05) is 15.9 Å². The SMILES string of the molecule is Cn1c(=O)n(C2CCC(=O)NC2=O)c2cc(Br)ccc21. The molecule has 0 saturated carbocycles. The van der Waals surface area contributed by atoms with Gasteiger partial charge in [-0.25, -0.2) is 4.79 Å². The van der Waals surface area contributed by atoms with Crippen LogP contribution in [0.5, 0.6) is 0 Å². The minimum Gasteiger partial charge on any atom is -0.295 e. The molecule has 0 aliphatic carbocycles. The third-order valence-corrected chi connectivity index (χ3v) is 4.07. The number of aromatic nitrogens is 2. The number of imide groups is 1. The van der Waals surface area contributed by atoms with Crippen LogP contribution in [-0.4, -0.2) is 20.9 Å². The van der Waals surface area contributed by atoms with Gasteiger partial charge >= 0.3 is 5.69 Å². The Morgan fingerprint density at radius 2 is 2.00 bits per heavy atom. The summed E-state index contributed by atoms with van der Waals surface area (Å²) >= 11 is 3.37. The van der Waals surface area contributed by atoms with E-state index >= 15 is 0 Å². The zero-order valence-electron chi connectivity index (χ0n) is 10.7. The normalized spacial score (nSPS) is 19.4. The molecule has 1 aliphatic heterocycles. The van der Waals surface area contributed by atoms with Crippen molar-refractivity contribution in [3.63, 3.8) is 0 Å². The summed E-state index contributed by atoms with van der Waals surface area (Å²) in [5.41, 5.74) is 1.18. The number of carbonyl (C=O) groups excluding carboxylic acids is 2. The Kier molecular flexibility index (Phi) is 3.01. The highest BCUT2D eigenvalue weighted by atomic mass is 79.9. The molecule has 1 N–H and O–H groups in total. The molecular formula is C13H12BrN3O3. The number of fused-ring (bicyclic) bond motifs is 1. The van der Waals surface area contributed by atoms with E-state index in [0.29, 0.717) is 11.9 Å². The summed E-state index contributed by atoms with van der Waals surface area (Å²) < 4.78 is 3.80. The highest BCUT2D eigenvalue weighted by molar-refractivity contribution is 9.10. The van der Waals surface area contributed by atoms with E-state index in [4.69, 9.17) is 0 Å². The van der Waals surface area contributed by atoms with Gasteiger partial charge in [0.2, 0.25) is 11.8 Å². The highest BCUT2D eigenvalue weighted by Crippen LogP contribution is 2.25. The number of amides is 2. The van der Waals surface area contributed by atoms with Gasteiger partial charge in [-0.2, -0.15) is 0 Å². The van der Waals surface area contributed by atoms with Gasteiger partial charge in [0.1, 0.15) is 6.04 Å². The smallest absolute Gasteiger partial charge is 0.295 e. The van der Waals surface area contributed by atoms with Crippen LogP contribution in [0.4, 0.5) is 0 Å². The van der Waals surface area contributed by atoms with Crippen LogP contribution in [0.2, 0.25) is 0 Å². The number of hydrogen-bond donors (Lipinski definition) is 1. The first-order valence-corrected chi connectivity index (χ1v) is 6.98. The third kappa shape index (κ3) is 1.89. The molecule has 1 aromatic carbocycles. The quantitative estimate of drug-likeness (QED) is 0.791. The molecule has 104 valence electrons. The van der Waals surface area contributed by atoms with Crippen LogP contribution in [0.3, 0.4) is 0 Å². The number of halogens is 1. The summed E-state index contributed by atoms with van der Waals surface area (Å²) in [5, 5.41) is 2.29. The standard InChI is InChI=1S/C13H12BrN3O3/c1-16-8-3-2-7(14)6-10(8)17(13(16)20)9-4-5-11(18)15-12(9)19/h2-3,6,9H,4-5H2,1H3,(H,15,18,19). The Morgan fingerprint density at radius 3 is 2.70 bits per heavy atom. The van der Waals surface area contributed by atoms with E-state index in [-0.39, 0.29) is 18.0 Å². The van der Waals surface area contributed by atoms with E-state index in [1.165, 1.54) is 9.13 Å². The zero-order valence-corrected chi connectivity index (χ0v) is 12.3. The molecule has 3 rings (SSSR count). The number of hydrogen-bond acceptors (Lipinski definition) is 3. The number of piperidine rings is 1. The van der Waals surface area contributed by atoms with Gasteiger partial charge in [-0.3, -0.25) is 24.0 Å². The Morgan fingerprint density at radius 1 is 1.25 bits per heavy atom. The highest BCUT2D eigenvalue weighted by Gasteiger charge is 2.31. The molecule has 1 aliphatic rings. The Labute approximate surface area is 122 Å². The topological polar surface area (TPSA) is 73.1 Å². The van der Waals surface area contributed by atoms with Crippen molar-refractivity contribution in [1.82, 2.24) is 14.5 Å². The number of aryl methyl sites for hydroxylation is 1. The van der Waals surface area contributed by atoms with Crippen LogP contribution in [0.15, 0.2) is 27.5 Å². The van der Waals surface area contributed by atoms with Gasteiger partial charge in [0.15, 0.2) is 0 Å². The van der Waals surface area contributed by atoms with E-state index in [2.05, 4.69) is 21.2 Å². The van der Waals surface area contributed by atoms with Crippen LogP contribution < -0.4 is 11.0 Å². The minimum absolute atomic E-state index is 0.243. The fourth-order valence-corrected chi connectivity index (χ4v) is 2.92. The van der Waals surface area contributed by atoms with Crippen LogP contribution in [0.1, 0.15) is 18.9 Å². The van der Waals surface area contributed by atoms with Crippen molar-refractivity contribution < 1.29 is 9.59 Å². The first kappa shape index (κ1) is 13.1. The van der Waals surface area contributed by atoms with E-state index in [1.54, 1.807) is 13.1 Å². The average Bonchev–Trinajstić information content (AvgIpc) is 2.63. The number of rotatable bonds is 1. The number of imidazole rings is 1. The van der Waals surface area contributed by atoms with E-state index in [1.807, 2.05) is 12.1 Å². The molecule has 0 spiro atoms. The molecule has 2 amide bonds. The van der Waals surface area contributed by atoms with Gasteiger partial charge < -0.3 is 0 Å². The second kappa shape index (κ2) is 4.59. The molecule has 1 fully saturated rings. The fraction of sp³-hybridized carbons (Fsp3) is 0.308. The fourth-order valence-electron chi connectivity index (χ4n) is 2.57. The molecule has 1 saturated heterocycles. The summed E-state index contributed by atoms with van der Waals surface area (Å²) in [6.07, 6.45) is 0.587. The maximum atomic E-state index is 12.4. The van der Waals surface area contributed by atoms with Crippen LogP contribution >= 0.6 is 15.9 Å². The molecule has 1 aromatic heterocycles. The van der Waals surface area contributed by atoms with Gasteiger partial charge in [0.25, 0.3) is 0 Å². The van der Waals surface area contributed by atoms with Crippen molar-refractivity contribution in [1.29, 1.82) is 0 Å². The van der Waals surface area contributed by atoms with E-state index in [0.717, 1.165) is 9.99 Å². The maximum Gasteiger partial charge on any atom is 0.329 e. The summed E-state index contributed by atoms with van der Waals surface area (Å²) in [4.78, 5) is 35.6. The second-order valence-electron chi connectivity index (χ2n) is 4.81. The number of carbonyl (C=O) groups is 2. The van der Waals surface area contributed by atoms with E-state index < -0.39 is 11.9 Å². The predicted molar refractivity (Wildman–Crippen MR) is 76.3 cm³/mol. The summed E-state index contributed by atoms with van der Waals surface area (Å²) in [5.74, 6) is -0.712. The van der Waals surface area contributed by atoms with Crippen LogP contribution in [-0.2, 0) is 16.6 Å². The largest absolute Gasteiger partial charge is 0.329 e. The van der Waals surface area contributed by atoms with Gasteiger partial charge in [0, 0.05) is 17.9 Å². The van der Waals surface area contributed by atoms with Crippen molar-refractivity contribution in [2.24, 2.45) is 7.05 Å². The van der Waals surface area contributed by atoms with Crippen LogP contribution in [0, 0.1) is 0 Å². The molecule has 6 nitrogen and oxygen atoms in total. The molecule has 0 radical (unpaired) electrons. The average molecular weight is 338 g/mol. The molecule has 1 atom stereocenters. The first-order chi connectivity index (χ1) is 9.49. The minimum atomic E-state index is -0.641. The lowest BCUT2D eigenvalue weighted by Gasteiger charge is -2.21. The van der Waals surface area contributed by atoms with Gasteiger partial charge in [-0.15, -0.1) is 0 Å². The number of benzene rings is 1. The number of nitrogens with one attached hydrogen (secondary N) is 1. The number of nitrogens with zero attached hydrogens (tertiary/aromatic N) is 2. The lowest BCUT2D eigenvalue weighted by Crippen LogP contribution is -2.44. The molecule has 0 bridgehead atoms. The molecule has 2 heterocycles. The van der Waals surface area contributed by atoms with Crippen LogP contribution in [0.25, 0.3) is 11.0 Å². The molecule has 7 heteroatoms. The van der Waals surface area contributed by atoms with Gasteiger partial charge in [-0.05, 0) is 24.6 Å². The Hall–Kier alpha value is -1.89. The van der Waals surface area contributed by atoms with Crippen molar-refractivity contribution in [2.45, 2.75) is 18.9 Å². The lowest BCUT2D eigenvalue weighted by molar-refractivity contribution is -0.135. The zero-order chi connectivity index (χ0) is 14.4. The Bertz CT molecular complexity index is 790.